The van der Waals surface area contributed by atoms with Crippen LogP contribution in [0.3, 0.4) is 0 Å². The number of unbranched alkanes of at least 4 members (excludes halogenated alkanes) is 1. The molecule has 0 atom stereocenters. The van der Waals surface area contributed by atoms with Crippen molar-refractivity contribution in [2.75, 3.05) is 39.8 Å². The van der Waals surface area contributed by atoms with Crippen molar-refractivity contribution in [2.24, 2.45) is 0 Å². The zero-order valence-electron chi connectivity index (χ0n) is 15.6. The standard InChI is InChI=1S/C18H27N3O4S/c1-4-5-10-19(3)18(23)16-6-8-17(9-7-16)26(24,25)21-13-11-20(12-14-21)15(2)22/h6-9H,4-5,10-14H2,1-3H3. The minimum Gasteiger partial charge on any atom is -0.342 e. The number of amides is 2. The minimum absolute atomic E-state index is 0.0443. The molecule has 0 aromatic heterocycles. The highest BCUT2D eigenvalue weighted by molar-refractivity contribution is 7.89. The second kappa shape index (κ2) is 8.64. The fraction of sp³-hybridized carbons (Fsp3) is 0.556. The predicted molar refractivity (Wildman–Crippen MR) is 99.3 cm³/mol. The average molecular weight is 381 g/mol. The summed E-state index contributed by atoms with van der Waals surface area (Å²) in [6.45, 7) is 5.58. The summed E-state index contributed by atoms with van der Waals surface area (Å²) >= 11 is 0. The number of carbonyl (C=O) groups is 2. The van der Waals surface area contributed by atoms with Crippen molar-refractivity contribution in [2.45, 2.75) is 31.6 Å². The van der Waals surface area contributed by atoms with Gasteiger partial charge in [-0.3, -0.25) is 9.59 Å². The first-order chi connectivity index (χ1) is 12.3. The summed E-state index contributed by atoms with van der Waals surface area (Å²) in [5, 5.41) is 0. The molecular formula is C18H27N3O4S. The molecule has 1 aromatic carbocycles. The maximum absolute atomic E-state index is 12.7. The molecule has 0 aliphatic carbocycles. The predicted octanol–water partition coefficient (Wildman–Crippen LogP) is 1.41. The Kier molecular flexibility index (Phi) is 6.77. The monoisotopic (exact) mass is 381 g/mol. The van der Waals surface area contributed by atoms with Crippen molar-refractivity contribution in [3.63, 3.8) is 0 Å². The van der Waals surface area contributed by atoms with E-state index in [9.17, 15) is 18.0 Å². The van der Waals surface area contributed by atoms with Crippen LogP contribution in [0.2, 0.25) is 0 Å². The summed E-state index contributed by atoms with van der Waals surface area (Å²) in [6, 6.07) is 6.08. The van der Waals surface area contributed by atoms with Crippen molar-refractivity contribution in [3.8, 4) is 0 Å². The van der Waals surface area contributed by atoms with Crippen molar-refractivity contribution >= 4 is 21.8 Å². The first kappa shape index (κ1) is 20.4. The first-order valence-electron chi connectivity index (χ1n) is 8.88. The molecule has 2 rings (SSSR count). The topological polar surface area (TPSA) is 78.0 Å². The summed E-state index contributed by atoms with van der Waals surface area (Å²) in [5.41, 5.74) is 0.476. The van der Waals surface area contributed by atoms with Crippen LogP contribution in [0.4, 0.5) is 0 Å². The average Bonchev–Trinajstić information content (AvgIpc) is 2.65. The molecule has 1 fully saturated rings. The lowest BCUT2D eigenvalue weighted by atomic mass is 10.2. The molecule has 1 aliphatic rings. The van der Waals surface area contributed by atoms with E-state index in [4.69, 9.17) is 0 Å². The molecule has 26 heavy (non-hydrogen) atoms. The summed E-state index contributed by atoms with van der Waals surface area (Å²) in [5.74, 6) is -0.158. The smallest absolute Gasteiger partial charge is 0.253 e. The van der Waals surface area contributed by atoms with E-state index in [0.29, 0.717) is 25.2 Å². The number of hydrogen-bond acceptors (Lipinski definition) is 4. The van der Waals surface area contributed by atoms with Crippen LogP contribution in [0.15, 0.2) is 29.2 Å². The van der Waals surface area contributed by atoms with E-state index in [1.165, 1.54) is 23.4 Å². The summed E-state index contributed by atoms with van der Waals surface area (Å²) < 4.78 is 26.9. The Morgan fingerprint density at radius 3 is 2.15 bits per heavy atom. The highest BCUT2D eigenvalue weighted by Crippen LogP contribution is 2.19. The van der Waals surface area contributed by atoms with Gasteiger partial charge in [0, 0.05) is 52.3 Å². The van der Waals surface area contributed by atoms with E-state index in [2.05, 4.69) is 6.92 Å². The molecule has 1 aromatic rings. The molecule has 0 unspecified atom stereocenters. The molecule has 0 N–H and O–H groups in total. The van der Waals surface area contributed by atoms with Gasteiger partial charge in [0.15, 0.2) is 0 Å². The third-order valence-electron chi connectivity index (χ3n) is 4.62. The van der Waals surface area contributed by atoms with Crippen molar-refractivity contribution in [1.29, 1.82) is 0 Å². The zero-order chi connectivity index (χ0) is 19.3. The van der Waals surface area contributed by atoms with Gasteiger partial charge in [-0.1, -0.05) is 13.3 Å². The number of nitrogens with zero attached hydrogens (tertiary/aromatic N) is 3. The zero-order valence-corrected chi connectivity index (χ0v) is 16.5. The van der Waals surface area contributed by atoms with Gasteiger partial charge < -0.3 is 9.80 Å². The number of sulfonamides is 1. The van der Waals surface area contributed by atoms with Crippen LogP contribution < -0.4 is 0 Å². The summed E-state index contributed by atoms with van der Waals surface area (Å²) in [4.78, 5) is 27.2. The number of rotatable bonds is 6. The Morgan fingerprint density at radius 2 is 1.65 bits per heavy atom. The SMILES string of the molecule is CCCCN(C)C(=O)c1ccc(S(=O)(=O)N2CCN(C(C)=O)CC2)cc1. The summed E-state index contributed by atoms with van der Waals surface area (Å²) in [6.07, 6.45) is 1.94. The van der Waals surface area contributed by atoms with Crippen LogP contribution in [-0.2, 0) is 14.8 Å². The molecule has 144 valence electrons. The van der Waals surface area contributed by atoms with Crippen molar-refractivity contribution in [1.82, 2.24) is 14.1 Å². The van der Waals surface area contributed by atoms with Crippen LogP contribution >= 0.6 is 0 Å². The van der Waals surface area contributed by atoms with E-state index in [0.717, 1.165) is 12.8 Å². The van der Waals surface area contributed by atoms with Gasteiger partial charge in [0.25, 0.3) is 5.91 Å². The second-order valence-corrected chi connectivity index (χ2v) is 8.45. The third kappa shape index (κ3) is 4.62. The quantitative estimate of drug-likeness (QED) is 0.746. The molecule has 1 saturated heterocycles. The van der Waals surface area contributed by atoms with Gasteiger partial charge in [-0.2, -0.15) is 4.31 Å². The molecule has 8 heteroatoms. The highest BCUT2D eigenvalue weighted by Gasteiger charge is 2.29. The Labute approximate surface area is 155 Å². The van der Waals surface area contributed by atoms with Gasteiger partial charge in [-0.25, -0.2) is 8.42 Å². The Morgan fingerprint density at radius 1 is 1.08 bits per heavy atom. The first-order valence-corrected chi connectivity index (χ1v) is 10.3. The van der Waals surface area contributed by atoms with Crippen LogP contribution in [0.25, 0.3) is 0 Å². The molecule has 0 spiro atoms. The molecule has 1 heterocycles. The largest absolute Gasteiger partial charge is 0.342 e. The van der Waals surface area contributed by atoms with E-state index in [1.807, 2.05) is 0 Å². The van der Waals surface area contributed by atoms with Gasteiger partial charge in [0.05, 0.1) is 4.90 Å². The normalized spacial score (nSPS) is 15.7. The highest BCUT2D eigenvalue weighted by atomic mass is 32.2. The number of piperazine rings is 1. The van der Waals surface area contributed by atoms with Crippen molar-refractivity contribution < 1.29 is 18.0 Å². The molecule has 1 aliphatic heterocycles. The third-order valence-corrected chi connectivity index (χ3v) is 6.53. The van der Waals surface area contributed by atoms with E-state index in [1.54, 1.807) is 29.0 Å². The van der Waals surface area contributed by atoms with E-state index >= 15 is 0 Å². The fourth-order valence-electron chi connectivity index (χ4n) is 2.88. The lowest BCUT2D eigenvalue weighted by molar-refractivity contribution is -0.129. The fourth-order valence-corrected chi connectivity index (χ4v) is 4.30. The molecule has 0 bridgehead atoms. The van der Waals surface area contributed by atoms with Crippen LogP contribution in [0, 0.1) is 0 Å². The van der Waals surface area contributed by atoms with Crippen molar-refractivity contribution in [3.05, 3.63) is 29.8 Å². The van der Waals surface area contributed by atoms with E-state index < -0.39 is 10.0 Å². The lowest BCUT2D eigenvalue weighted by Crippen LogP contribution is -2.49. The van der Waals surface area contributed by atoms with Gasteiger partial charge >= 0.3 is 0 Å². The minimum atomic E-state index is -3.62. The molecule has 0 radical (unpaired) electrons. The van der Waals surface area contributed by atoms with E-state index in [-0.39, 0.29) is 29.8 Å². The number of carbonyl (C=O) groups excluding carboxylic acids is 2. The number of hydrogen-bond donors (Lipinski definition) is 0. The van der Waals surface area contributed by atoms with Gasteiger partial charge in [0.1, 0.15) is 0 Å². The second-order valence-electron chi connectivity index (χ2n) is 6.51. The maximum atomic E-state index is 12.7. The Bertz CT molecular complexity index is 738. The Balaban J connectivity index is 2.07. The lowest BCUT2D eigenvalue weighted by Gasteiger charge is -2.33. The Hall–Kier alpha value is -1.93. The summed E-state index contributed by atoms with van der Waals surface area (Å²) in [7, 11) is -1.87. The van der Waals surface area contributed by atoms with Gasteiger partial charge in [-0.15, -0.1) is 0 Å². The molecule has 0 saturated carbocycles. The molecule has 2 amide bonds. The number of benzene rings is 1. The molecular weight excluding hydrogens is 354 g/mol. The van der Waals surface area contributed by atoms with Crippen LogP contribution in [-0.4, -0.2) is 74.1 Å². The van der Waals surface area contributed by atoms with Crippen LogP contribution in [0.1, 0.15) is 37.0 Å². The van der Waals surface area contributed by atoms with Gasteiger partial charge in [-0.05, 0) is 30.7 Å². The maximum Gasteiger partial charge on any atom is 0.253 e. The molecule has 7 nitrogen and oxygen atoms in total. The van der Waals surface area contributed by atoms with Gasteiger partial charge in [0.2, 0.25) is 15.9 Å². The van der Waals surface area contributed by atoms with Crippen LogP contribution in [0.5, 0.6) is 0 Å².